The number of aromatic nitrogens is 2. The highest BCUT2D eigenvalue weighted by atomic mass is 35.7. The zero-order chi connectivity index (χ0) is 14.2. The summed E-state index contributed by atoms with van der Waals surface area (Å²) in [5.41, 5.74) is 0. The molecule has 1 aliphatic rings. The Balaban J connectivity index is 1.62. The number of rotatable bonds is 5. The van der Waals surface area contributed by atoms with Crippen molar-refractivity contribution in [2.45, 2.75) is 30.3 Å². The molecular weight excluding hydrogens is 304 g/mol. The zero-order valence-electron chi connectivity index (χ0n) is 10.3. The van der Waals surface area contributed by atoms with E-state index in [9.17, 15) is 8.42 Å². The minimum absolute atomic E-state index is 0.0281. The molecule has 1 saturated carbocycles. The molecule has 2 aromatic rings. The predicted molar refractivity (Wildman–Crippen MR) is 70.1 cm³/mol. The Kier molecular flexibility index (Phi) is 3.39. The summed E-state index contributed by atoms with van der Waals surface area (Å²) in [6.45, 7) is 0.146. The first-order chi connectivity index (χ1) is 9.52. The van der Waals surface area contributed by atoms with Gasteiger partial charge in [0.05, 0.1) is 4.90 Å². The summed E-state index contributed by atoms with van der Waals surface area (Å²) in [6.07, 6.45) is 2.21. The molecule has 0 aliphatic heterocycles. The van der Waals surface area contributed by atoms with Crippen LogP contribution < -0.4 is 4.74 Å². The molecule has 1 heterocycles. The molecule has 0 saturated heterocycles. The first-order valence-electron chi connectivity index (χ1n) is 6.02. The van der Waals surface area contributed by atoms with E-state index < -0.39 is 9.05 Å². The Bertz CT molecular complexity index is 707. The van der Waals surface area contributed by atoms with Crippen molar-refractivity contribution in [1.29, 1.82) is 0 Å². The second kappa shape index (κ2) is 5.06. The topological polar surface area (TPSA) is 82.3 Å². The standard InChI is InChI=1S/C12H11ClN2O4S/c13-20(16,17)10-5-3-9(4-6-10)18-7-11-14-12(15-19-11)8-1-2-8/h3-6,8H,1-2,7H2. The van der Waals surface area contributed by atoms with Gasteiger partial charge in [-0.25, -0.2) is 8.42 Å². The average Bonchev–Trinajstić information content (AvgIpc) is 3.15. The van der Waals surface area contributed by atoms with Crippen molar-refractivity contribution in [2.24, 2.45) is 0 Å². The molecule has 0 amide bonds. The maximum Gasteiger partial charge on any atom is 0.264 e. The third kappa shape index (κ3) is 3.10. The molecule has 106 valence electrons. The Labute approximate surface area is 120 Å². The van der Waals surface area contributed by atoms with Crippen LogP contribution >= 0.6 is 10.7 Å². The van der Waals surface area contributed by atoms with Gasteiger partial charge in [0, 0.05) is 16.6 Å². The molecule has 6 nitrogen and oxygen atoms in total. The SMILES string of the molecule is O=S(=O)(Cl)c1ccc(OCc2nc(C3CC3)no2)cc1. The number of hydrogen-bond donors (Lipinski definition) is 0. The van der Waals surface area contributed by atoms with Crippen LogP contribution in [0.1, 0.15) is 30.5 Å². The molecule has 0 bridgehead atoms. The van der Waals surface area contributed by atoms with Crippen LogP contribution in [-0.2, 0) is 15.7 Å². The van der Waals surface area contributed by atoms with E-state index in [4.69, 9.17) is 19.9 Å². The van der Waals surface area contributed by atoms with E-state index in [0.29, 0.717) is 17.6 Å². The summed E-state index contributed by atoms with van der Waals surface area (Å²) in [4.78, 5) is 4.25. The second-order valence-electron chi connectivity index (χ2n) is 4.52. The molecule has 0 spiro atoms. The number of hydrogen-bond acceptors (Lipinski definition) is 6. The molecule has 20 heavy (non-hydrogen) atoms. The highest BCUT2D eigenvalue weighted by Crippen LogP contribution is 2.38. The van der Waals surface area contributed by atoms with Crippen molar-refractivity contribution in [3.05, 3.63) is 36.0 Å². The van der Waals surface area contributed by atoms with Crippen molar-refractivity contribution in [2.75, 3.05) is 0 Å². The van der Waals surface area contributed by atoms with Gasteiger partial charge >= 0.3 is 0 Å². The van der Waals surface area contributed by atoms with Crippen molar-refractivity contribution in [3.63, 3.8) is 0 Å². The van der Waals surface area contributed by atoms with E-state index in [1.165, 1.54) is 24.3 Å². The van der Waals surface area contributed by atoms with Gasteiger partial charge in [0.2, 0.25) is 0 Å². The van der Waals surface area contributed by atoms with Crippen molar-refractivity contribution >= 4 is 19.7 Å². The van der Waals surface area contributed by atoms with Crippen LogP contribution in [0.25, 0.3) is 0 Å². The maximum absolute atomic E-state index is 11.1. The minimum atomic E-state index is -3.71. The van der Waals surface area contributed by atoms with Gasteiger partial charge < -0.3 is 9.26 Å². The van der Waals surface area contributed by atoms with Gasteiger partial charge in [0.15, 0.2) is 12.4 Å². The first-order valence-corrected chi connectivity index (χ1v) is 8.33. The molecular formula is C12H11ClN2O4S. The smallest absolute Gasteiger partial charge is 0.264 e. The lowest BCUT2D eigenvalue weighted by atomic mass is 10.3. The van der Waals surface area contributed by atoms with Crippen molar-refractivity contribution in [3.8, 4) is 5.75 Å². The van der Waals surface area contributed by atoms with E-state index in [2.05, 4.69) is 10.1 Å². The lowest BCUT2D eigenvalue weighted by Gasteiger charge is -2.03. The van der Waals surface area contributed by atoms with Gasteiger partial charge in [-0.2, -0.15) is 4.98 Å². The number of ether oxygens (including phenoxy) is 1. The van der Waals surface area contributed by atoms with Gasteiger partial charge in [0.1, 0.15) is 5.75 Å². The summed E-state index contributed by atoms with van der Waals surface area (Å²) in [7, 11) is 1.51. The third-order valence-corrected chi connectivity index (χ3v) is 4.26. The summed E-state index contributed by atoms with van der Waals surface area (Å²) in [5.74, 6) is 2.06. The Morgan fingerprint density at radius 2 is 2.00 bits per heavy atom. The van der Waals surface area contributed by atoms with E-state index >= 15 is 0 Å². The number of halogens is 1. The molecule has 0 N–H and O–H groups in total. The van der Waals surface area contributed by atoms with E-state index in [0.717, 1.165) is 18.7 Å². The summed E-state index contributed by atoms with van der Waals surface area (Å²) >= 11 is 0. The van der Waals surface area contributed by atoms with Crippen LogP contribution in [0.2, 0.25) is 0 Å². The van der Waals surface area contributed by atoms with E-state index in [1.807, 2.05) is 0 Å². The molecule has 0 unspecified atom stereocenters. The van der Waals surface area contributed by atoms with Crippen LogP contribution in [0, 0.1) is 0 Å². The van der Waals surface area contributed by atoms with Gasteiger partial charge in [-0.3, -0.25) is 0 Å². The van der Waals surface area contributed by atoms with E-state index in [-0.39, 0.29) is 11.5 Å². The lowest BCUT2D eigenvalue weighted by Crippen LogP contribution is -1.97. The first kappa shape index (κ1) is 13.4. The monoisotopic (exact) mass is 314 g/mol. The molecule has 1 aromatic heterocycles. The van der Waals surface area contributed by atoms with Gasteiger partial charge in [-0.1, -0.05) is 5.16 Å². The minimum Gasteiger partial charge on any atom is -0.484 e. The predicted octanol–water partition coefficient (Wildman–Crippen LogP) is 2.45. The largest absolute Gasteiger partial charge is 0.484 e. The fourth-order valence-electron chi connectivity index (χ4n) is 1.68. The van der Waals surface area contributed by atoms with Crippen LogP contribution in [0.15, 0.2) is 33.7 Å². The molecule has 1 aliphatic carbocycles. The quantitative estimate of drug-likeness (QED) is 0.788. The fourth-order valence-corrected chi connectivity index (χ4v) is 2.45. The van der Waals surface area contributed by atoms with Crippen LogP contribution in [0.5, 0.6) is 5.75 Å². The van der Waals surface area contributed by atoms with Crippen molar-refractivity contribution < 1.29 is 17.7 Å². The summed E-state index contributed by atoms with van der Waals surface area (Å²) in [6, 6.07) is 5.79. The van der Waals surface area contributed by atoms with Crippen LogP contribution in [0.4, 0.5) is 0 Å². The van der Waals surface area contributed by atoms with E-state index in [1.54, 1.807) is 0 Å². The Morgan fingerprint density at radius 3 is 2.60 bits per heavy atom. The maximum atomic E-state index is 11.1. The molecule has 1 aromatic carbocycles. The average molecular weight is 315 g/mol. The number of nitrogens with zero attached hydrogens (tertiary/aromatic N) is 2. The third-order valence-electron chi connectivity index (χ3n) is 2.89. The highest BCUT2D eigenvalue weighted by molar-refractivity contribution is 8.13. The molecule has 1 fully saturated rings. The molecule has 3 rings (SSSR count). The van der Waals surface area contributed by atoms with Crippen molar-refractivity contribution in [1.82, 2.24) is 10.1 Å². The molecule has 8 heteroatoms. The molecule has 0 radical (unpaired) electrons. The molecule has 0 atom stereocenters. The van der Waals surface area contributed by atoms with Crippen LogP contribution in [-0.4, -0.2) is 18.6 Å². The fraction of sp³-hybridized carbons (Fsp3) is 0.333. The highest BCUT2D eigenvalue weighted by Gasteiger charge is 2.28. The van der Waals surface area contributed by atoms with Crippen LogP contribution in [0.3, 0.4) is 0 Å². The summed E-state index contributed by atoms with van der Waals surface area (Å²) in [5, 5.41) is 3.87. The van der Waals surface area contributed by atoms with Gasteiger partial charge in [0.25, 0.3) is 14.9 Å². The summed E-state index contributed by atoms with van der Waals surface area (Å²) < 4.78 is 32.7. The lowest BCUT2D eigenvalue weighted by molar-refractivity contribution is 0.242. The Hall–Kier alpha value is -1.60. The normalized spacial score (nSPS) is 15.2. The van der Waals surface area contributed by atoms with Gasteiger partial charge in [-0.15, -0.1) is 0 Å². The second-order valence-corrected chi connectivity index (χ2v) is 7.08. The zero-order valence-corrected chi connectivity index (χ0v) is 11.9. The van der Waals surface area contributed by atoms with Gasteiger partial charge in [-0.05, 0) is 37.1 Å². The Morgan fingerprint density at radius 1 is 1.30 bits per heavy atom. The number of benzene rings is 1.